The molecule has 0 aliphatic heterocycles. The van der Waals surface area contributed by atoms with Crippen LogP contribution in [0.1, 0.15) is 28.4 Å². The quantitative estimate of drug-likeness (QED) is 0.511. The van der Waals surface area contributed by atoms with E-state index in [1.54, 1.807) is 6.92 Å². The molecule has 146 valence electrons. The smallest absolute Gasteiger partial charge is 0.416 e. The largest absolute Gasteiger partial charge is 0.611 e. The zero-order chi connectivity index (χ0) is 20.4. The zero-order valence-electron chi connectivity index (χ0n) is 13.8. The van der Waals surface area contributed by atoms with Gasteiger partial charge in [0.2, 0.25) is 0 Å². The molecular formula is C17H13Cl2F4NO2S. The highest BCUT2D eigenvalue weighted by Crippen LogP contribution is 2.33. The predicted molar refractivity (Wildman–Crippen MR) is 96.0 cm³/mol. The summed E-state index contributed by atoms with van der Waals surface area (Å²) in [6.07, 6.45) is -4.79. The van der Waals surface area contributed by atoms with Crippen LogP contribution in [0.3, 0.4) is 0 Å². The van der Waals surface area contributed by atoms with Crippen molar-refractivity contribution in [2.24, 2.45) is 0 Å². The number of amides is 1. The first-order chi connectivity index (χ1) is 12.5. The Morgan fingerprint density at radius 3 is 2.48 bits per heavy atom. The van der Waals surface area contributed by atoms with Gasteiger partial charge in [0.25, 0.3) is 5.91 Å². The molecule has 0 aliphatic carbocycles. The number of hydrogen-bond acceptors (Lipinski definition) is 2. The van der Waals surface area contributed by atoms with E-state index in [1.807, 2.05) is 0 Å². The number of benzene rings is 2. The number of rotatable bonds is 5. The molecule has 1 N–H and O–H groups in total. The number of hydrogen-bond donors (Lipinski definition) is 1. The Labute approximate surface area is 165 Å². The summed E-state index contributed by atoms with van der Waals surface area (Å²) in [6.45, 7) is 1.50. The Bertz CT molecular complexity index is 862. The maximum absolute atomic E-state index is 14.0. The highest BCUT2D eigenvalue weighted by Gasteiger charge is 2.33. The Morgan fingerprint density at radius 1 is 1.22 bits per heavy atom. The highest BCUT2D eigenvalue weighted by molar-refractivity contribution is 7.91. The molecule has 27 heavy (non-hydrogen) atoms. The van der Waals surface area contributed by atoms with Gasteiger partial charge in [-0.15, -0.1) is 0 Å². The van der Waals surface area contributed by atoms with Gasteiger partial charge in [0, 0.05) is 17.1 Å². The lowest BCUT2D eigenvalue weighted by molar-refractivity contribution is -0.137. The minimum Gasteiger partial charge on any atom is -0.611 e. The van der Waals surface area contributed by atoms with Crippen molar-refractivity contribution in [3.05, 3.63) is 62.9 Å². The molecule has 1 atom stereocenters. The fourth-order valence-corrected chi connectivity index (χ4v) is 3.62. The van der Waals surface area contributed by atoms with E-state index in [1.165, 1.54) is 18.2 Å². The summed E-state index contributed by atoms with van der Waals surface area (Å²) in [7, 11) is 0. The molecule has 10 heteroatoms. The third-order valence-corrected chi connectivity index (χ3v) is 5.49. The number of nitrogens with one attached hydrogen (secondary N) is 1. The van der Waals surface area contributed by atoms with Crippen molar-refractivity contribution in [1.82, 2.24) is 5.32 Å². The molecule has 0 saturated carbocycles. The molecule has 0 saturated heterocycles. The highest BCUT2D eigenvalue weighted by atomic mass is 35.5. The maximum Gasteiger partial charge on any atom is 0.416 e. The molecule has 0 radical (unpaired) electrons. The molecule has 2 aromatic carbocycles. The van der Waals surface area contributed by atoms with Crippen LogP contribution < -0.4 is 5.32 Å². The van der Waals surface area contributed by atoms with Gasteiger partial charge in [-0.3, -0.25) is 4.79 Å². The summed E-state index contributed by atoms with van der Waals surface area (Å²) in [5.74, 6) is -2.03. The number of alkyl halides is 3. The first-order valence-corrected chi connectivity index (χ1v) is 9.63. The summed E-state index contributed by atoms with van der Waals surface area (Å²) >= 11 is 10.0. The van der Waals surface area contributed by atoms with Crippen LogP contribution in [-0.2, 0) is 23.9 Å². The molecule has 0 aromatic heterocycles. The van der Waals surface area contributed by atoms with Gasteiger partial charge in [0.1, 0.15) is 5.75 Å². The molecule has 1 amide bonds. The first kappa shape index (κ1) is 21.8. The number of carbonyl (C=O) groups is 1. The van der Waals surface area contributed by atoms with Crippen molar-refractivity contribution in [3.8, 4) is 0 Å². The van der Waals surface area contributed by atoms with Gasteiger partial charge in [0.15, 0.2) is 10.7 Å². The summed E-state index contributed by atoms with van der Waals surface area (Å²) in [4.78, 5) is 12.6. The fourth-order valence-electron chi connectivity index (χ4n) is 2.25. The van der Waals surface area contributed by atoms with Crippen molar-refractivity contribution in [2.75, 3.05) is 5.75 Å². The Morgan fingerprint density at radius 2 is 1.89 bits per heavy atom. The van der Waals surface area contributed by atoms with Gasteiger partial charge < -0.3 is 9.87 Å². The summed E-state index contributed by atoms with van der Waals surface area (Å²) in [5.41, 5.74) is -1.67. The molecular weight excluding hydrogens is 429 g/mol. The van der Waals surface area contributed by atoms with E-state index in [0.717, 1.165) is 0 Å². The number of halogens is 6. The van der Waals surface area contributed by atoms with Crippen LogP contribution in [0, 0.1) is 5.82 Å². The second-order valence-corrected chi connectivity index (χ2v) is 7.94. The monoisotopic (exact) mass is 441 g/mol. The van der Waals surface area contributed by atoms with E-state index in [-0.39, 0.29) is 6.54 Å². The van der Waals surface area contributed by atoms with Crippen LogP contribution >= 0.6 is 23.2 Å². The van der Waals surface area contributed by atoms with Crippen LogP contribution in [0.2, 0.25) is 10.0 Å². The van der Waals surface area contributed by atoms with Gasteiger partial charge in [-0.05, 0) is 48.4 Å². The Kier molecular flexibility index (Phi) is 7.02. The van der Waals surface area contributed by atoms with Crippen molar-refractivity contribution in [2.45, 2.75) is 24.5 Å². The van der Waals surface area contributed by atoms with Gasteiger partial charge in [-0.25, -0.2) is 4.39 Å². The Balaban J connectivity index is 2.29. The van der Waals surface area contributed by atoms with Crippen LogP contribution in [0.15, 0.2) is 35.2 Å². The number of carbonyl (C=O) groups excluding carboxylic acids is 1. The van der Waals surface area contributed by atoms with Gasteiger partial charge in [0.05, 0.1) is 16.1 Å². The van der Waals surface area contributed by atoms with Crippen LogP contribution in [0.4, 0.5) is 17.6 Å². The van der Waals surface area contributed by atoms with Gasteiger partial charge in [-0.2, -0.15) is 13.2 Å². The molecule has 2 rings (SSSR count). The molecule has 0 aliphatic rings. The second kappa shape index (κ2) is 8.68. The van der Waals surface area contributed by atoms with Crippen LogP contribution in [0.5, 0.6) is 0 Å². The second-order valence-electron chi connectivity index (χ2n) is 5.39. The third kappa shape index (κ3) is 5.28. The lowest BCUT2D eigenvalue weighted by Gasteiger charge is -2.15. The van der Waals surface area contributed by atoms with Crippen molar-refractivity contribution in [1.29, 1.82) is 0 Å². The average molecular weight is 442 g/mol. The average Bonchev–Trinajstić information content (AvgIpc) is 2.60. The predicted octanol–water partition coefficient (Wildman–Crippen LogP) is 5.21. The van der Waals surface area contributed by atoms with Crippen LogP contribution in [-0.4, -0.2) is 16.2 Å². The summed E-state index contributed by atoms with van der Waals surface area (Å²) in [5, 5.41) is 1.82. The minimum absolute atomic E-state index is 0.201. The molecule has 0 heterocycles. The zero-order valence-corrected chi connectivity index (χ0v) is 16.1. The maximum atomic E-state index is 14.0. The fraction of sp³-hybridized carbons (Fsp3) is 0.235. The topological polar surface area (TPSA) is 52.2 Å². The van der Waals surface area contributed by atoms with Crippen molar-refractivity contribution >= 4 is 40.3 Å². The molecule has 3 nitrogen and oxygen atoms in total. The van der Waals surface area contributed by atoms with E-state index in [2.05, 4.69) is 5.32 Å². The minimum atomic E-state index is -4.79. The van der Waals surface area contributed by atoms with Crippen LogP contribution in [0.25, 0.3) is 0 Å². The standard InChI is InChI=1S/C17H13Cl2F4NO2S/c1-2-27(26)14-4-3-11(18)5-9(14)8-24-16(25)12-6-10(17(21,22)23)7-13(19)15(12)20/h3-7H,2,8H2,1H3,(H,24,25). The molecule has 0 fully saturated rings. The lowest BCUT2D eigenvalue weighted by atomic mass is 10.1. The van der Waals surface area contributed by atoms with E-state index >= 15 is 0 Å². The SMILES string of the molecule is CC[S+]([O-])c1ccc(Cl)cc1CNC(=O)c1cc(C(F)(F)F)cc(Cl)c1F. The third-order valence-electron chi connectivity index (χ3n) is 3.57. The van der Waals surface area contributed by atoms with E-state index in [9.17, 15) is 26.9 Å². The normalized spacial score (nSPS) is 12.7. The van der Waals surface area contributed by atoms with Gasteiger partial charge >= 0.3 is 6.18 Å². The van der Waals surface area contributed by atoms with E-state index in [0.29, 0.717) is 33.4 Å². The molecule has 0 spiro atoms. The summed E-state index contributed by atoms with van der Waals surface area (Å²) in [6, 6.07) is 5.33. The molecule has 2 aromatic rings. The molecule has 1 unspecified atom stereocenters. The Hall–Kier alpha value is -1.48. The van der Waals surface area contributed by atoms with E-state index in [4.69, 9.17) is 23.2 Å². The lowest BCUT2D eigenvalue weighted by Crippen LogP contribution is -2.25. The first-order valence-electron chi connectivity index (χ1n) is 7.55. The van der Waals surface area contributed by atoms with Gasteiger partial charge in [-0.1, -0.05) is 23.2 Å². The van der Waals surface area contributed by atoms with Crippen molar-refractivity contribution in [3.63, 3.8) is 0 Å². The van der Waals surface area contributed by atoms with E-state index < -0.39 is 45.2 Å². The van der Waals surface area contributed by atoms with Crippen molar-refractivity contribution < 1.29 is 26.9 Å². The summed E-state index contributed by atoms with van der Waals surface area (Å²) < 4.78 is 64.7. The molecule has 0 bridgehead atoms.